The number of nitrogens with zero attached hydrogens (tertiary/aromatic N) is 1. The Morgan fingerprint density at radius 2 is 1.92 bits per heavy atom. The summed E-state index contributed by atoms with van der Waals surface area (Å²) in [4.78, 5) is 29.6. The molecular formula is C7H8N2O4. The Labute approximate surface area is 74.2 Å². The summed E-state index contributed by atoms with van der Waals surface area (Å²) in [6.07, 6.45) is 0.345. The van der Waals surface area contributed by atoms with E-state index in [-0.39, 0.29) is 11.8 Å². The van der Waals surface area contributed by atoms with Gasteiger partial charge in [-0.3, -0.25) is 19.7 Å². The van der Waals surface area contributed by atoms with Gasteiger partial charge in [-0.25, -0.2) is 0 Å². The normalized spacial score (nSPS) is 13.8. The summed E-state index contributed by atoms with van der Waals surface area (Å²) in [6.45, 7) is 0. The molecule has 70 valence electrons. The molecule has 0 atom stereocenters. The topological polar surface area (TPSA) is 107 Å². The minimum Gasteiger partial charge on any atom is -0.480 e. The zero-order valence-electron chi connectivity index (χ0n) is 6.74. The van der Waals surface area contributed by atoms with Crippen molar-refractivity contribution in [3.8, 4) is 6.07 Å². The minimum absolute atomic E-state index is 0.148. The lowest BCUT2D eigenvalue weighted by atomic mass is 10.4. The van der Waals surface area contributed by atoms with E-state index in [1.807, 2.05) is 0 Å². The molecule has 1 saturated heterocycles. The molecule has 0 spiro atoms. The molecule has 6 nitrogen and oxygen atoms in total. The Morgan fingerprint density at radius 1 is 1.46 bits per heavy atom. The van der Waals surface area contributed by atoms with Crippen molar-refractivity contribution in [1.82, 2.24) is 5.32 Å². The molecule has 0 aromatic heterocycles. The van der Waals surface area contributed by atoms with Crippen LogP contribution in [-0.4, -0.2) is 22.9 Å². The highest BCUT2D eigenvalue weighted by atomic mass is 16.4. The number of carboxylic acids is 1. The molecule has 1 fully saturated rings. The Hall–Kier alpha value is -1.90. The molecule has 13 heavy (non-hydrogen) atoms. The summed E-state index contributed by atoms with van der Waals surface area (Å²) in [6, 6.07) is 1.47. The highest BCUT2D eigenvalue weighted by Crippen LogP contribution is 1.95. The molecule has 1 rings (SSSR count). The molecule has 6 heteroatoms. The molecule has 2 N–H and O–H groups in total. The second-order valence-corrected chi connectivity index (χ2v) is 2.20. The van der Waals surface area contributed by atoms with Crippen LogP contribution in [0.4, 0.5) is 0 Å². The standard InChI is InChI=1S/C4H5NO2.C3H3NO2/c6-3-1-2-4(7)5-3;4-2-1-3(5)6/h1-2H2,(H,5,6,7);1H2,(H,5,6). The SMILES string of the molecule is N#CCC(=O)O.O=C1CCC(=O)N1. The summed E-state index contributed by atoms with van der Waals surface area (Å²) in [5.41, 5.74) is 0. The van der Waals surface area contributed by atoms with Gasteiger partial charge in [-0.15, -0.1) is 0 Å². The van der Waals surface area contributed by atoms with Crippen LogP contribution in [0.5, 0.6) is 0 Å². The number of carboxylic acid groups (broad SMARTS) is 1. The highest BCUT2D eigenvalue weighted by Gasteiger charge is 2.15. The third kappa shape index (κ3) is 6.50. The van der Waals surface area contributed by atoms with Gasteiger partial charge in [-0.05, 0) is 0 Å². The van der Waals surface area contributed by atoms with Gasteiger partial charge in [0.2, 0.25) is 11.8 Å². The predicted octanol–water partition coefficient (Wildman–Crippen LogP) is -0.592. The first kappa shape index (κ1) is 11.1. The van der Waals surface area contributed by atoms with E-state index in [1.165, 1.54) is 6.07 Å². The molecule has 2 amide bonds. The lowest BCUT2D eigenvalue weighted by Crippen LogP contribution is -2.18. The molecule has 0 bridgehead atoms. The van der Waals surface area contributed by atoms with Gasteiger partial charge in [-0.2, -0.15) is 5.26 Å². The zero-order chi connectivity index (χ0) is 10.3. The van der Waals surface area contributed by atoms with Crippen molar-refractivity contribution < 1.29 is 19.5 Å². The fourth-order valence-electron chi connectivity index (χ4n) is 0.575. The first-order valence-corrected chi connectivity index (χ1v) is 3.47. The van der Waals surface area contributed by atoms with Gasteiger partial charge >= 0.3 is 5.97 Å². The monoisotopic (exact) mass is 184 g/mol. The Balaban J connectivity index is 0.000000226. The number of nitriles is 1. The van der Waals surface area contributed by atoms with E-state index in [2.05, 4.69) is 5.32 Å². The second kappa shape index (κ2) is 5.71. The van der Waals surface area contributed by atoms with Crippen LogP contribution >= 0.6 is 0 Å². The maximum absolute atomic E-state index is 10.1. The minimum atomic E-state index is -1.07. The molecule has 0 radical (unpaired) electrons. The number of imide groups is 1. The van der Waals surface area contributed by atoms with Gasteiger partial charge in [0.05, 0.1) is 6.07 Å². The lowest BCUT2D eigenvalue weighted by Gasteiger charge is -1.79. The van der Waals surface area contributed by atoms with E-state index >= 15 is 0 Å². The molecule has 0 aromatic rings. The van der Waals surface area contributed by atoms with Crippen LogP contribution in [-0.2, 0) is 14.4 Å². The van der Waals surface area contributed by atoms with E-state index in [4.69, 9.17) is 10.4 Å². The first-order chi connectivity index (χ1) is 6.06. The van der Waals surface area contributed by atoms with Crippen molar-refractivity contribution in [2.24, 2.45) is 0 Å². The van der Waals surface area contributed by atoms with Crippen molar-refractivity contribution in [2.45, 2.75) is 19.3 Å². The van der Waals surface area contributed by atoms with Crippen LogP contribution in [0.2, 0.25) is 0 Å². The average Bonchev–Trinajstić information content (AvgIpc) is 2.35. The molecule has 1 heterocycles. The maximum Gasteiger partial charge on any atom is 0.317 e. The van der Waals surface area contributed by atoms with Gasteiger partial charge < -0.3 is 5.11 Å². The summed E-state index contributed by atoms with van der Waals surface area (Å²) in [5, 5.41) is 17.4. The Morgan fingerprint density at radius 3 is 2.00 bits per heavy atom. The molecule has 0 aromatic carbocycles. The van der Waals surface area contributed by atoms with Crippen LogP contribution in [0.15, 0.2) is 0 Å². The van der Waals surface area contributed by atoms with Crippen molar-refractivity contribution in [2.75, 3.05) is 0 Å². The fraction of sp³-hybridized carbons (Fsp3) is 0.429. The molecule has 0 aliphatic carbocycles. The lowest BCUT2D eigenvalue weighted by molar-refractivity contribution is -0.135. The van der Waals surface area contributed by atoms with Gasteiger partial charge in [0.15, 0.2) is 0 Å². The summed E-state index contributed by atoms with van der Waals surface area (Å²) >= 11 is 0. The van der Waals surface area contributed by atoms with Gasteiger partial charge in [0, 0.05) is 12.8 Å². The van der Waals surface area contributed by atoms with E-state index in [0.29, 0.717) is 12.8 Å². The number of carbonyl (C=O) groups is 3. The van der Waals surface area contributed by atoms with Crippen molar-refractivity contribution in [3.63, 3.8) is 0 Å². The number of rotatable bonds is 1. The number of nitrogens with one attached hydrogen (secondary N) is 1. The van der Waals surface area contributed by atoms with E-state index in [0.717, 1.165) is 0 Å². The van der Waals surface area contributed by atoms with Crippen LogP contribution in [0.25, 0.3) is 0 Å². The molecule has 1 aliphatic rings. The zero-order valence-corrected chi connectivity index (χ0v) is 6.74. The van der Waals surface area contributed by atoms with Crippen molar-refractivity contribution >= 4 is 17.8 Å². The number of carbonyl (C=O) groups excluding carboxylic acids is 2. The number of aliphatic carboxylic acids is 1. The molecule has 0 saturated carbocycles. The van der Waals surface area contributed by atoms with Crippen molar-refractivity contribution in [1.29, 1.82) is 5.26 Å². The van der Waals surface area contributed by atoms with Gasteiger partial charge in [0.1, 0.15) is 6.42 Å². The summed E-state index contributed by atoms with van der Waals surface area (Å²) in [5.74, 6) is -1.37. The van der Waals surface area contributed by atoms with Crippen molar-refractivity contribution in [3.05, 3.63) is 0 Å². The number of hydrogen-bond acceptors (Lipinski definition) is 4. The quantitative estimate of drug-likeness (QED) is 0.529. The van der Waals surface area contributed by atoms with Crippen LogP contribution in [0, 0.1) is 11.3 Å². The van der Waals surface area contributed by atoms with Crippen LogP contribution in [0.1, 0.15) is 19.3 Å². The predicted molar refractivity (Wildman–Crippen MR) is 40.2 cm³/mol. The van der Waals surface area contributed by atoms with Crippen LogP contribution in [0.3, 0.4) is 0 Å². The molecule has 0 unspecified atom stereocenters. The Bertz CT molecular complexity index is 252. The second-order valence-electron chi connectivity index (χ2n) is 2.20. The highest BCUT2D eigenvalue weighted by molar-refractivity contribution is 6.01. The van der Waals surface area contributed by atoms with Crippen LogP contribution < -0.4 is 5.32 Å². The first-order valence-electron chi connectivity index (χ1n) is 3.47. The van der Waals surface area contributed by atoms with E-state index < -0.39 is 12.4 Å². The summed E-state index contributed by atoms with van der Waals surface area (Å²) in [7, 11) is 0. The molecular weight excluding hydrogens is 176 g/mol. The Kier molecular flexibility index (Phi) is 4.88. The van der Waals surface area contributed by atoms with Gasteiger partial charge in [-0.1, -0.05) is 0 Å². The van der Waals surface area contributed by atoms with E-state index in [9.17, 15) is 14.4 Å². The number of amides is 2. The fourth-order valence-corrected chi connectivity index (χ4v) is 0.575. The van der Waals surface area contributed by atoms with Gasteiger partial charge in [0.25, 0.3) is 0 Å². The maximum atomic E-state index is 10.1. The molecule has 1 aliphatic heterocycles. The third-order valence-corrected chi connectivity index (χ3v) is 1.09. The largest absolute Gasteiger partial charge is 0.480 e. The third-order valence-electron chi connectivity index (χ3n) is 1.09. The van der Waals surface area contributed by atoms with E-state index in [1.54, 1.807) is 0 Å². The average molecular weight is 184 g/mol. The number of hydrogen-bond donors (Lipinski definition) is 2. The summed E-state index contributed by atoms with van der Waals surface area (Å²) < 4.78 is 0. The smallest absolute Gasteiger partial charge is 0.317 e.